The fourth-order valence-electron chi connectivity index (χ4n) is 7.09. The van der Waals surface area contributed by atoms with Crippen LogP contribution in [0.15, 0.2) is 6.07 Å². The number of likely N-dealkylation sites (N-methyl/N-ethyl adjacent to an activating group) is 1. The van der Waals surface area contributed by atoms with Crippen LogP contribution in [0.4, 0.5) is 0 Å². The number of likely N-dealkylation sites (tertiary alicyclic amines) is 1. The third-order valence-corrected chi connectivity index (χ3v) is 8.78. The van der Waals surface area contributed by atoms with E-state index in [0.29, 0.717) is 17.7 Å². The van der Waals surface area contributed by atoms with Crippen molar-refractivity contribution in [3.63, 3.8) is 0 Å². The zero-order chi connectivity index (χ0) is 22.1. The minimum absolute atomic E-state index is 0.0251. The second-order valence-electron chi connectivity index (χ2n) is 10.0. The highest BCUT2D eigenvalue weighted by Crippen LogP contribution is 2.65. The molecule has 0 aromatic heterocycles. The van der Waals surface area contributed by atoms with Crippen LogP contribution >= 0.6 is 0 Å². The van der Waals surface area contributed by atoms with Crippen molar-refractivity contribution in [2.45, 2.75) is 75.6 Å². The van der Waals surface area contributed by atoms with Gasteiger partial charge in [-0.05, 0) is 51.1 Å². The van der Waals surface area contributed by atoms with Gasteiger partial charge in [0.15, 0.2) is 11.5 Å². The minimum Gasteiger partial charge on any atom is -0.504 e. The number of methoxy groups -OCH3 is 1. The first kappa shape index (κ1) is 20.9. The summed E-state index contributed by atoms with van der Waals surface area (Å²) in [5.41, 5.74) is 2.08. The lowest BCUT2D eigenvalue weighted by atomic mass is 9.51. The number of ether oxygens (including phenoxy) is 2. The van der Waals surface area contributed by atoms with E-state index in [-0.39, 0.29) is 29.2 Å². The highest BCUT2D eigenvalue weighted by molar-refractivity contribution is 5.74. The van der Waals surface area contributed by atoms with Gasteiger partial charge in [0.1, 0.15) is 17.9 Å². The quantitative estimate of drug-likeness (QED) is 0.639. The second kappa shape index (κ2) is 7.27. The number of nitrogens with one attached hydrogen (secondary N) is 1. The van der Waals surface area contributed by atoms with Crippen molar-refractivity contribution in [2.75, 3.05) is 20.7 Å². The van der Waals surface area contributed by atoms with Crippen LogP contribution in [0.5, 0.6) is 17.2 Å². The molecule has 1 saturated heterocycles. The smallest absolute Gasteiger partial charge is 0.320 e. The summed E-state index contributed by atoms with van der Waals surface area (Å²) >= 11 is 0. The van der Waals surface area contributed by atoms with Crippen LogP contribution in [-0.4, -0.2) is 66.0 Å². The van der Waals surface area contributed by atoms with Crippen molar-refractivity contribution >= 4 is 5.97 Å². The van der Waals surface area contributed by atoms with Gasteiger partial charge in [0.25, 0.3) is 0 Å². The molecule has 31 heavy (non-hydrogen) atoms. The summed E-state index contributed by atoms with van der Waals surface area (Å²) in [5.74, 6) is 1.11. The zero-order valence-electron chi connectivity index (χ0n) is 18.9. The molecule has 1 aromatic rings. The number of benzene rings is 1. The van der Waals surface area contributed by atoms with Crippen LogP contribution in [0, 0.1) is 11.8 Å². The molecule has 0 radical (unpaired) electrons. The Morgan fingerprint density at radius 3 is 2.90 bits per heavy atom. The van der Waals surface area contributed by atoms with Crippen molar-refractivity contribution in [2.24, 2.45) is 11.8 Å². The van der Waals surface area contributed by atoms with E-state index >= 15 is 0 Å². The van der Waals surface area contributed by atoms with Gasteiger partial charge in [0.05, 0.1) is 7.11 Å². The summed E-state index contributed by atoms with van der Waals surface area (Å²) in [7, 11) is 3.86. The zero-order valence-corrected chi connectivity index (χ0v) is 18.9. The molecule has 1 spiro atoms. The average molecular weight is 431 g/mol. The molecule has 2 heterocycles. The second-order valence-corrected chi connectivity index (χ2v) is 10.0. The van der Waals surface area contributed by atoms with Crippen LogP contribution in [0.25, 0.3) is 0 Å². The van der Waals surface area contributed by atoms with Crippen LogP contribution in [0.3, 0.4) is 0 Å². The fraction of sp³-hybridized carbons (Fsp3) is 0.708. The standard InChI is InChI=1S/C24H34N2O5/c1-5-12(2)20(23(28)29)25-15-7-6-14-16-10-13-18(30-4)11-17(27)21-19(13)24(14,22(15)31-21)8-9-26(16)3/h11-12,14-16,20,22,25,27H,5-10H2,1-4H3,(H,28,29)/t12-,14-,15+,16+,20-,22-,24-/m0/s1. The third kappa shape index (κ3) is 2.75. The van der Waals surface area contributed by atoms with Gasteiger partial charge in [-0.1, -0.05) is 20.3 Å². The third-order valence-electron chi connectivity index (χ3n) is 8.78. The first-order chi connectivity index (χ1) is 14.8. The molecule has 2 fully saturated rings. The number of carbonyl (C=O) groups is 1. The molecule has 7 atom stereocenters. The van der Waals surface area contributed by atoms with E-state index in [9.17, 15) is 15.0 Å². The number of carboxylic acid groups (broad SMARTS) is 1. The highest BCUT2D eigenvalue weighted by atomic mass is 16.5. The molecule has 2 bridgehead atoms. The number of phenols is 1. The Balaban J connectivity index is 1.61. The van der Waals surface area contributed by atoms with E-state index in [1.165, 1.54) is 0 Å². The number of phenolic OH excluding ortho intramolecular Hbond substituents is 1. The van der Waals surface area contributed by atoms with Crippen molar-refractivity contribution < 1.29 is 24.5 Å². The van der Waals surface area contributed by atoms with Crippen LogP contribution < -0.4 is 14.8 Å². The molecule has 5 rings (SSSR count). The van der Waals surface area contributed by atoms with Gasteiger partial charge in [-0.3, -0.25) is 10.1 Å². The minimum atomic E-state index is -0.806. The fourth-order valence-corrected chi connectivity index (χ4v) is 7.09. The van der Waals surface area contributed by atoms with Crippen molar-refractivity contribution in [3.05, 3.63) is 17.2 Å². The van der Waals surface area contributed by atoms with E-state index in [0.717, 1.165) is 55.5 Å². The summed E-state index contributed by atoms with van der Waals surface area (Å²) in [6.07, 6.45) is 4.36. The molecule has 1 saturated carbocycles. The van der Waals surface area contributed by atoms with E-state index < -0.39 is 12.0 Å². The number of aliphatic carboxylic acids is 1. The first-order valence-electron chi connectivity index (χ1n) is 11.6. The van der Waals surface area contributed by atoms with E-state index in [4.69, 9.17) is 9.47 Å². The maximum absolute atomic E-state index is 12.0. The van der Waals surface area contributed by atoms with Gasteiger partial charge >= 0.3 is 5.97 Å². The van der Waals surface area contributed by atoms with Crippen molar-refractivity contribution in [1.29, 1.82) is 0 Å². The molecule has 0 unspecified atom stereocenters. The van der Waals surface area contributed by atoms with E-state index in [1.807, 2.05) is 13.8 Å². The van der Waals surface area contributed by atoms with E-state index in [1.54, 1.807) is 13.2 Å². The van der Waals surface area contributed by atoms with Crippen molar-refractivity contribution in [1.82, 2.24) is 10.2 Å². The monoisotopic (exact) mass is 430 g/mol. The lowest BCUT2D eigenvalue weighted by Crippen LogP contribution is -2.69. The van der Waals surface area contributed by atoms with Crippen LogP contribution in [-0.2, 0) is 16.6 Å². The lowest BCUT2D eigenvalue weighted by molar-refractivity contribution is -0.142. The number of aromatic hydroxyl groups is 1. The van der Waals surface area contributed by atoms with Gasteiger partial charge in [-0.15, -0.1) is 0 Å². The van der Waals surface area contributed by atoms with Gasteiger partial charge in [-0.25, -0.2) is 0 Å². The number of nitrogens with zero attached hydrogens (tertiary/aromatic N) is 1. The molecule has 7 nitrogen and oxygen atoms in total. The molecule has 2 aliphatic carbocycles. The predicted molar refractivity (Wildman–Crippen MR) is 116 cm³/mol. The summed E-state index contributed by atoms with van der Waals surface area (Å²) in [6.45, 7) is 4.98. The highest BCUT2D eigenvalue weighted by Gasteiger charge is 2.66. The number of hydrogen-bond acceptors (Lipinski definition) is 6. The maximum atomic E-state index is 12.0. The number of rotatable bonds is 6. The first-order valence-corrected chi connectivity index (χ1v) is 11.6. The Kier molecular flexibility index (Phi) is 4.90. The summed E-state index contributed by atoms with van der Waals surface area (Å²) in [6, 6.07) is 1.41. The Labute approximate surface area is 183 Å². The predicted octanol–water partition coefficient (Wildman–Crippen LogP) is 2.53. The maximum Gasteiger partial charge on any atom is 0.320 e. The molecule has 170 valence electrons. The van der Waals surface area contributed by atoms with Crippen LogP contribution in [0.2, 0.25) is 0 Å². The molecule has 4 aliphatic rings. The Hall–Kier alpha value is -1.99. The largest absolute Gasteiger partial charge is 0.504 e. The van der Waals surface area contributed by atoms with Gasteiger partial charge in [-0.2, -0.15) is 0 Å². The van der Waals surface area contributed by atoms with Gasteiger partial charge in [0.2, 0.25) is 0 Å². The Morgan fingerprint density at radius 1 is 1.45 bits per heavy atom. The van der Waals surface area contributed by atoms with Crippen LogP contribution in [0.1, 0.15) is 50.7 Å². The SMILES string of the molecule is CC[C@H](C)[C@H](N[C@@H]1CC[C@H]2[C@H]3Cc4c(OC)cc(O)c5c4[C@@]2(CCN3C)[C@H]1O5)C(=O)O. The summed E-state index contributed by atoms with van der Waals surface area (Å²) in [4.78, 5) is 14.5. The van der Waals surface area contributed by atoms with Crippen molar-refractivity contribution in [3.8, 4) is 17.2 Å². The number of carboxylic acids is 1. The van der Waals surface area contributed by atoms with Gasteiger partial charge < -0.3 is 24.6 Å². The Morgan fingerprint density at radius 2 is 2.23 bits per heavy atom. The number of piperidine rings is 1. The lowest BCUT2D eigenvalue weighted by Gasteiger charge is -2.59. The van der Waals surface area contributed by atoms with Gasteiger partial charge in [0, 0.05) is 34.7 Å². The molecule has 1 aromatic carbocycles. The Bertz CT molecular complexity index is 904. The molecular formula is C24H34N2O5. The molecule has 0 amide bonds. The molecule has 2 aliphatic heterocycles. The summed E-state index contributed by atoms with van der Waals surface area (Å²) < 4.78 is 12.3. The molecular weight excluding hydrogens is 396 g/mol. The molecule has 7 heteroatoms. The average Bonchev–Trinajstić information content (AvgIpc) is 3.10. The normalized spacial score (nSPS) is 35.1. The topological polar surface area (TPSA) is 91.3 Å². The molecule has 3 N–H and O–H groups in total. The number of hydrogen-bond donors (Lipinski definition) is 3. The van der Waals surface area contributed by atoms with E-state index in [2.05, 4.69) is 17.3 Å². The summed E-state index contributed by atoms with van der Waals surface area (Å²) in [5, 5.41) is 24.2.